The number of amides is 1. The van der Waals surface area contributed by atoms with Gasteiger partial charge in [0.15, 0.2) is 0 Å². The Kier molecular flexibility index (Phi) is 5.52. The Morgan fingerprint density at radius 1 is 0.967 bits per heavy atom. The lowest BCUT2D eigenvalue weighted by molar-refractivity contribution is -0.129. The molecular formula is C25H33N3O2. The van der Waals surface area contributed by atoms with E-state index in [0.29, 0.717) is 18.3 Å². The molecule has 2 aliphatic heterocycles. The van der Waals surface area contributed by atoms with Gasteiger partial charge in [-0.3, -0.25) is 9.69 Å². The van der Waals surface area contributed by atoms with E-state index in [0.717, 1.165) is 57.7 Å². The molecule has 5 heteroatoms. The van der Waals surface area contributed by atoms with Crippen LogP contribution in [0.25, 0.3) is 10.8 Å². The first-order chi connectivity index (χ1) is 14.6. The number of likely N-dealkylation sites (tertiary alicyclic amines) is 1. The molecule has 3 aliphatic rings. The normalized spacial score (nSPS) is 30.5. The number of likely N-dealkylation sites (N-methyl/N-ethyl adjacent to an activating group) is 1. The van der Waals surface area contributed by atoms with E-state index in [1.807, 2.05) is 18.2 Å². The van der Waals surface area contributed by atoms with Gasteiger partial charge in [0, 0.05) is 45.3 Å². The van der Waals surface area contributed by atoms with Crippen LogP contribution in [0.1, 0.15) is 18.4 Å². The summed E-state index contributed by atoms with van der Waals surface area (Å²) in [5.41, 5.74) is 1.11. The third kappa shape index (κ3) is 3.86. The van der Waals surface area contributed by atoms with E-state index in [1.165, 1.54) is 10.8 Å². The largest absolute Gasteiger partial charge is 0.391 e. The standard InChI is InChI=1S/C25H33N3O2/c1-26-9-11-27(12-10-26)23-13-20-16-28(17-21(20)14-24(23)29)25(30)15-19-7-4-6-18-5-2-3-8-22(18)19/h2-8,20-21,23-24,29H,9-17H2,1H3/t20-,21+,23-,24-/m1/s1. The van der Waals surface area contributed by atoms with Crippen molar-refractivity contribution in [3.63, 3.8) is 0 Å². The molecule has 3 fully saturated rings. The van der Waals surface area contributed by atoms with Crippen LogP contribution in [-0.2, 0) is 11.2 Å². The molecule has 160 valence electrons. The Morgan fingerprint density at radius 3 is 2.47 bits per heavy atom. The number of hydrogen-bond acceptors (Lipinski definition) is 4. The molecule has 0 unspecified atom stereocenters. The Morgan fingerprint density at radius 2 is 1.67 bits per heavy atom. The predicted octanol–water partition coefficient (Wildman–Crippen LogP) is 2.23. The summed E-state index contributed by atoms with van der Waals surface area (Å²) in [4.78, 5) is 20.1. The lowest BCUT2D eigenvalue weighted by atomic mass is 9.77. The van der Waals surface area contributed by atoms with Crippen LogP contribution in [0.3, 0.4) is 0 Å². The van der Waals surface area contributed by atoms with Crippen molar-refractivity contribution < 1.29 is 9.90 Å². The van der Waals surface area contributed by atoms with Crippen molar-refractivity contribution in [2.75, 3.05) is 46.3 Å². The number of benzene rings is 2. The summed E-state index contributed by atoms with van der Waals surface area (Å²) >= 11 is 0. The third-order valence-electron chi connectivity index (χ3n) is 7.69. The maximum Gasteiger partial charge on any atom is 0.227 e. The fourth-order valence-corrected chi connectivity index (χ4v) is 5.88. The molecule has 2 aromatic carbocycles. The third-order valence-corrected chi connectivity index (χ3v) is 7.69. The van der Waals surface area contributed by atoms with Gasteiger partial charge >= 0.3 is 0 Å². The van der Waals surface area contributed by atoms with E-state index >= 15 is 0 Å². The van der Waals surface area contributed by atoms with Crippen LogP contribution in [0.4, 0.5) is 0 Å². The van der Waals surface area contributed by atoms with Crippen LogP contribution in [0.5, 0.6) is 0 Å². The highest BCUT2D eigenvalue weighted by Crippen LogP contribution is 2.38. The van der Waals surface area contributed by atoms with Crippen molar-refractivity contribution in [1.29, 1.82) is 0 Å². The van der Waals surface area contributed by atoms with E-state index in [4.69, 9.17) is 0 Å². The van der Waals surface area contributed by atoms with Gasteiger partial charge in [0.05, 0.1) is 12.5 Å². The van der Waals surface area contributed by atoms with E-state index in [9.17, 15) is 9.90 Å². The summed E-state index contributed by atoms with van der Waals surface area (Å²) in [6.45, 7) is 5.89. The van der Waals surface area contributed by atoms with Gasteiger partial charge in [-0.1, -0.05) is 42.5 Å². The van der Waals surface area contributed by atoms with Crippen LogP contribution < -0.4 is 0 Å². The number of piperazine rings is 1. The summed E-state index contributed by atoms with van der Waals surface area (Å²) in [6.07, 6.45) is 2.06. The van der Waals surface area contributed by atoms with Gasteiger partial charge < -0.3 is 14.9 Å². The molecule has 0 bridgehead atoms. The number of carbonyl (C=O) groups is 1. The Bertz CT molecular complexity index is 903. The molecule has 1 amide bonds. The second-order valence-electron chi connectivity index (χ2n) is 9.58. The average molecular weight is 408 g/mol. The maximum atomic E-state index is 13.2. The van der Waals surface area contributed by atoms with Gasteiger partial charge in [-0.15, -0.1) is 0 Å². The monoisotopic (exact) mass is 407 g/mol. The van der Waals surface area contributed by atoms with Crippen LogP contribution in [0, 0.1) is 11.8 Å². The second-order valence-corrected chi connectivity index (χ2v) is 9.58. The Balaban J connectivity index is 1.24. The number of aliphatic hydroxyl groups is 1. The fraction of sp³-hybridized carbons (Fsp3) is 0.560. The molecular weight excluding hydrogens is 374 g/mol. The molecule has 1 saturated carbocycles. The van der Waals surface area contributed by atoms with Gasteiger partial charge in [-0.05, 0) is 48.1 Å². The topological polar surface area (TPSA) is 47.0 Å². The molecule has 1 aliphatic carbocycles. The van der Waals surface area contributed by atoms with Gasteiger partial charge in [0.2, 0.25) is 5.91 Å². The molecule has 4 atom stereocenters. The van der Waals surface area contributed by atoms with Gasteiger partial charge in [-0.25, -0.2) is 0 Å². The van der Waals surface area contributed by atoms with Crippen molar-refractivity contribution >= 4 is 16.7 Å². The van der Waals surface area contributed by atoms with Crippen molar-refractivity contribution in [3.8, 4) is 0 Å². The first-order valence-corrected chi connectivity index (χ1v) is 11.4. The number of fused-ring (bicyclic) bond motifs is 2. The zero-order valence-corrected chi connectivity index (χ0v) is 17.9. The smallest absolute Gasteiger partial charge is 0.227 e. The zero-order valence-electron chi connectivity index (χ0n) is 17.9. The minimum absolute atomic E-state index is 0.228. The van der Waals surface area contributed by atoms with Gasteiger partial charge in [0.25, 0.3) is 0 Å². The van der Waals surface area contributed by atoms with E-state index < -0.39 is 0 Å². The fourth-order valence-electron chi connectivity index (χ4n) is 5.88. The number of rotatable bonds is 3. The lowest BCUT2D eigenvalue weighted by Crippen LogP contribution is -2.55. The van der Waals surface area contributed by atoms with Crippen molar-refractivity contribution in [2.45, 2.75) is 31.4 Å². The number of nitrogens with zero attached hydrogens (tertiary/aromatic N) is 3. The number of aliphatic hydroxyl groups excluding tert-OH is 1. The van der Waals surface area contributed by atoms with Crippen molar-refractivity contribution in [3.05, 3.63) is 48.0 Å². The number of hydrogen-bond donors (Lipinski definition) is 1. The highest BCUT2D eigenvalue weighted by atomic mass is 16.3. The predicted molar refractivity (Wildman–Crippen MR) is 119 cm³/mol. The van der Waals surface area contributed by atoms with E-state index in [-0.39, 0.29) is 18.1 Å². The molecule has 5 nitrogen and oxygen atoms in total. The van der Waals surface area contributed by atoms with Crippen LogP contribution >= 0.6 is 0 Å². The summed E-state index contributed by atoms with van der Waals surface area (Å²) in [5.74, 6) is 1.20. The summed E-state index contributed by atoms with van der Waals surface area (Å²) in [5, 5.41) is 13.2. The first-order valence-electron chi connectivity index (χ1n) is 11.4. The molecule has 0 radical (unpaired) electrons. The molecule has 2 saturated heterocycles. The molecule has 0 spiro atoms. The maximum absolute atomic E-state index is 13.2. The lowest BCUT2D eigenvalue weighted by Gasteiger charge is -2.44. The zero-order chi connectivity index (χ0) is 20.7. The van der Waals surface area contributed by atoms with Crippen molar-refractivity contribution in [2.24, 2.45) is 11.8 Å². The minimum Gasteiger partial charge on any atom is -0.391 e. The highest BCUT2D eigenvalue weighted by Gasteiger charge is 2.44. The second kappa shape index (κ2) is 8.29. The summed E-state index contributed by atoms with van der Waals surface area (Å²) in [7, 11) is 2.17. The Labute approximate surface area is 179 Å². The molecule has 30 heavy (non-hydrogen) atoms. The molecule has 1 N–H and O–H groups in total. The Hall–Kier alpha value is -1.95. The molecule has 5 rings (SSSR count). The van der Waals surface area contributed by atoms with Gasteiger partial charge in [0.1, 0.15) is 0 Å². The van der Waals surface area contributed by atoms with Gasteiger partial charge in [-0.2, -0.15) is 0 Å². The quantitative estimate of drug-likeness (QED) is 0.848. The molecule has 2 aromatic rings. The number of carbonyl (C=O) groups excluding carboxylic acids is 1. The average Bonchev–Trinajstić information content (AvgIpc) is 3.17. The SMILES string of the molecule is CN1CCN([C@@H]2C[C@@H]3CN(C(=O)Cc4cccc5ccccc45)C[C@@H]3C[C@H]2O)CC1. The minimum atomic E-state index is -0.261. The van der Waals surface area contributed by atoms with Crippen LogP contribution in [0.15, 0.2) is 42.5 Å². The van der Waals surface area contributed by atoms with Crippen LogP contribution in [0.2, 0.25) is 0 Å². The highest BCUT2D eigenvalue weighted by molar-refractivity contribution is 5.90. The first kappa shape index (κ1) is 20.0. The molecule has 2 heterocycles. The van der Waals surface area contributed by atoms with Crippen molar-refractivity contribution in [1.82, 2.24) is 14.7 Å². The van der Waals surface area contributed by atoms with E-state index in [1.54, 1.807) is 0 Å². The summed E-state index contributed by atoms with van der Waals surface area (Å²) < 4.78 is 0. The van der Waals surface area contributed by atoms with Crippen LogP contribution in [-0.4, -0.2) is 84.2 Å². The molecule has 0 aromatic heterocycles. The van der Waals surface area contributed by atoms with E-state index in [2.05, 4.69) is 46.0 Å². The summed E-state index contributed by atoms with van der Waals surface area (Å²) in [6, 6.07) is 14.8.